The summed E-state index contributed by atoms with van der Waals surface area (Å²) in [5.74, 6) is -0.103. The summed E-state index contributed by atoms with van der Waals surface area (Å²) in [6.45, 7) is 8.87. The van der Waals surface area contributed by atoms with Crippen molar-refractivity contribution in [2.75, 3.05) is 25.0 Å². The molecule has 6 nitrogen and oxygen atoms in total. The number of anilines is 1. The second-order valence-electron chi connectivity index (χ2n) is 8.36. The molecule has 2 N–H and O–H groups in total. The standard InChI is InChI=1S/C21H33N3O3/c1-6-24(5)17-11-9-16(10-12-17)18(25)23-21(13-7-8-14-21)15-22-19(26)27-20(2,3)4/h9-12H,6-8,13-15H2,1-5H3,(H,22,26)(H,23,25). The van der Waals surface area contributed by atoms with Gasteiger partial charge in [-0.15, -0.1) is 0 Å². The Morgan fingerprint density at radius 3 is 2.26 bits per heavy atom. The first kappa shape index (κ1) is 21.1. The second kappa shape index (κ2) is 8.63. The smallest absolute Gasteiger partial charge is 0.407 e. The van der Waals surface area contributed by atoms with Crippen LogP contribution in [0.15, 0.2) is 24.3 Å². The topological polar surface area (TPSA) is 70.7 Å². The molecule has 2 amide bonds. The van der Waals surface area contributed by atoms with Crippen molar-refractivity contribution in [3.8, 4) is 0 Å². The highest BCUT2D eigenvalue weighted by Crippen LogP contribution is 2.29. The molecule has 0 unspecified atom stereocenters. The molecule has 1 aliphatic carbocycles. The fraction of sp³-hybridized carbons (Fsp3) is 0.619. The Hall–Kier alpha value is -2.24. The molecule has 0 aliphatic heterocycles. The van der Waals surface area contributed by atoms with Gasteiger partial charge in [0.05, 0.1) is 5.54 Å². The van der Waals surface area contributed by atoms with Gasteiger partial charge in [0.25, 0.3) is 5.91 Å². The third kappa shape index (κ3) is 6.15. The number of benzene rings is 1. The van der Waals surface area contributed by atoms with Crippen molar-refractivity contribution in [1.29, 1.82) is 0 Å². The largest absolute Gasteiger partial charge is 0.444 e. The summed E-state index contributed by atoms with van der Waals surface area (Å²) in [7, 11) is 2.02. The number of ether oxygens (including phenoxy) is 1. The number of hydrogen-bond donors (Lipinski definition) is 2. The minimum absolute atomic E-state index is 0.103. The lowest BCUT2D eigenvalue weighted by Gasteiger charge is -2.31. The lowest BCUT2D eigenvalue weighted by Crippen LogP contribution is -2.54. The highest BCUT2D eigenvalue weighted by Gasteiger charge is 2.36. The van der Waals surface area contributed by atoms with E-state index in [0.29, 0.717) is 12.1 Å². The van der Waals surface area contributed by atoms with Gasteiger partial charge in [-0.3, -0.25) is 4.79 Å². The molecule has 1 saturated carbocycles. The predicted molar refractivity (Wildman–Crippen MR) is 108 cm³/mol. The summed E-state index contributed by atoms with van der Waals surface area (Å²) in [4.78, 5) is 26.9. The van der Waals surface area contributed by atoms with Gasteiger partial charge in [0.15, 0.2) is 0 Å². The van der Waals surface area contributed by atoms with E-state index in [1.54, 1.807) is 0 Å². The van der Waals surface area contributed by atoms with Crippen LogP contribution in [0.5, 0.6) is 0 Å². The van der Waals surface area contributed by atoms with E-state index in [1.165, 1.54) is 0 Å². The van der Waals surface area contributed by atoms with Crippen LogP contribution in [0.4, 0.5) is 10.5 Å². The van der Waals surface area contributed by atoms with Gasteiger partial charge in [-0.05, 0) is 64.8 Å². The Balaban J connectivity index is 2.00. The number of carbonyl (C=O) groups is 2. The molecule has 0 atom stereocenters. The maximum Gasteiger partial charge on any atom is 0.407 e. The fourth-order valence-corrected chi connectivity index (χ4v) is 3.32. The summed E-state index contributed by atoms with van der Waals surface area (Å²) in [6, 6.07) is 7.61. The third-order valence-electron chi connectivity index (χ3n) is 4.95. The molecule has 0 saturated heterocycles. The quantitative estimate of drug-likeness (QED) is 0.795. The van der Waals surface area contributed by atoms with Crippen LogP contribution in [-0.4, -0.2) is 43.3 Å². The minimum Gasteiger partial charge on any atom is -0.444 e. The lowest BCUT2D eigenvalue weighted by molar-refractivity contribution is 0.0505. The van der Waals surface area contributed by atoms with E-state index in [0.717, 1.165) is 37.9 Å². The van der Waals surface area contributed by atoms with E-state index in [2.05, 4.69) is 22.5 Å². The van der Waals surface area contributed by atoms with Crippen LogP contribution in [0.3, 0.4) is 0 Å². The molecule has 6 heteroatoms. The van der Waals surface area contributed by atoms with Crippen LogP contribution in [-0.2, 0) is 4.74 Å². The maximum atomic E-state index is 12.8. The normalized spacial score (nSPS) is 15.9. The van der Waals surface area contributed by atoms with Gasteiger partial charge in [0, 0.05) is 31.4 Å². The zero-order chi connectivity index (χ0) is 20.1. The van der Waals surface area contributed by atoms with Crippen LogP contribution >= 0.6 is 0 Å². The maximum absolute atomic E-state index is 12.8. The van der Waals surface area contributed by atoms with Gasteiger partial charge in [-0.25, -0.2) is 4.79 Å². The molecule has 150 valence electrons. The van der Waals surface area contributed by atoms with Gasteiger partial charge in [0.1, 0.15) is 5.60 Å². The molecule has 1 aromatic carbocycles. The molecule has 0 spiro atoms. The highest BCUT2D eigenvalue weighted by molar-refractivity contribution is 5.95. The number of rotatable bonds is 6. The third-order valence-corrected chi connectivity index (χ3v) is 4.95. The highest BCUT2D eigenvalue weighted by atomic mass is 16.6. The zero-order valence-corrected chi connectivity index (χ0v) is 17.2. The van der Waals surface area contributed by atoms with Gasteiger partial charge in [0.2, 0.25) is 0 Å². The SMILES string of the molecule is CCN(C)c1ccc(C(=O)NC2(CNC(=O)OC(C)(C)C)CCCC2)cc1. The average molecular weight is 376 g/mol. The Bertz CT molecular complexity index is 644. The molecule has 27 heavy (non-hydrogen) atoms. The summed E-state index contributed by atoms with van der Waals surface area (Å²) >= 11 is 0. The van der Waals surface area contributed by atoms with E-state index in [1.807, 2.05) is 52.1 Å². The van der Waals surface area contributed by atoms with Crippen molar-refractivity contribution in [3.05, 3.63) is 29.8 Å². The van der Waals surface area contributed by atoms with Crippen molar-refractivity contribution < 1.29 is 14.3 Å². The fourth-order valence-electron chi connectivity index (χ4n) is 3.32. The molecule has 1 aromatic rings. The summed E-state index contributed by atoms with van der Waals surface area (Å²) in [5.41, 5.74) is 0.763. The van der Waals surface area contributed by atoms with Crippen LogP contribution in [0.1, 0.15) is 63.7 Å². The van der Waals surface area contributed by atoms with E-state index in [9.17, 15) is 9.59 Å². The van der Waals surface area contributed by atoms with Crippen molar-refractivity contribution in [2.45, 2.75) is 64.5 Å². The predicted octanol–water partition coefficient (Wildman–Crippen LogP) is 3.71. The Morgan fingerprint density at radius 1 is 1.15 bits per heavy atom. The van der Waals surface area contributed by atoms with E-state index >= 15 is 0 Å². The molecular formula is C21H33N3O3. The number of nitrogens with one attached hydrogen (secondary N) is 2. The van der Waals surface area contributed by atoms with E-state index in [-0.39, 0.29) is 5.91 Å². The molecule has 1 aliphatic rings. The van der Waals surface area contributed by atoms with Gasteiger partial charge >= 0.3 is 6.09 Å². The average Bonchev–Trinajstić information content (AvgIpc) is 3.07. The van der Waals surface area contributed by atoms with Crippen LogP contribution in [0.2, 0.25) is 0 Å². The lowest BCUT2D eigenvalue weighted by atomic mass is 9.96. The van der Waals surface area contributed by atoms with Gasteiger partial charge in [-0.1, -0.05) is 12.8 Å². The molecule has 0 heterocycles. The van der Waals surface area contributed by atoms with E-state index in [4.69, 9.17) is 4.74 Å². The van der Waals surface area contributed by atoms with Gasteiger partial charge < -0.3 is 20.3 Å². The van der Waals surface area contributed by atoms with Crippen LogP contribution in [0, 0.1) is 0 Å². The van der Waals surface area contributed by atoms with Crippen LogP contribution < -0.4 is 15.5 Å². The summed E-state index contributed by atoms with van der Waals surface area (Å²) < 4.78 is 5.31. The molecule has 1 fully saturated rings. The molecule has 2 rings (SSSR count). The Labute approximate surface area is 162 Å². The van der Waals surface area contributed by atoms with Crippen molar-refractivity contribution in [3.63, 3.8) is 0 Å². The van der Waals surface area contributed by atoms with Crippen LogP contribution in [0.25, 0.3) is 0 Å². The zero-order valence-electron chi connectivity index (χ0n) is 17.2. The summed E-state index contributed by atoms with van der Waals surface area (Å²) in [6.07, 6.45) is 3.33. The molecule has 0 aromatic heterocycles. The van der Waals surface area contributed by atoms with Gasteiger partial charge in [-0.2, -0.15) is 0 Å². The number of hydrogen-bond acceptors (Lipinski definition) is 4. The first-order valence-electron chi connectivity index (χ1n) is 9.75. The minimum atomic E-state index is -0.538. The monoisotopic (exact) mass is 375 g/mol. The second-order valence-corrected chi connectivity index (χ2v) is 8.36. The number of nitrogens with zero attached hydrogens (tertiary/aromatic N) is 1. The molecule has 0 radical (unpaired) electrons. The number of carbonyl (C=O) groups excluding carboxylic acids is 2. The molecule has 0 bridgehead atoms. The first-order chi connectivity index (χ1) is 12.6. The summed E-state index contributed by atoms with van der Waals surface area (Å²) in [5, 5.41) is 5.99. The molecular weight excluding hydrogens is 342 g/mol. The number of alkyl carbamates (subject to hydrolysis) is 1. The van der Waals surface area contributed by atoms with E-state index < -0.39 is 17.2 Å². The van der Waals surface area contributed by atoms with Crippen molar-refractivity contribution in [2.24, 2.45) is 0 Å². The Kier molecular flexibility index (Phi) is 6.73. The Morgan fingerprint density at radius 2 is 1.74 bits per heavy atom. The van der Waals surface area contributed by atoms with Crippen molar-refractivity contribution in [1.82, 2.24) is 10.6 Å². The first-order valence-corrected chi connectivity index (χ1v) is 9.75. The number of amides is 2. The van der Waals surface area contributed by atoms with Crippen molar-refractivity contribution >= 4 is 17.7 Å².